The van der Waals surface area contributed by atoms with Crippen molar-refractivity contribution in [1.29, 1.82) is 0 Å². The third kappa shape index (κ3) is 3.80. The van der Waals surface area contributed by atoms with E-state index in [1.54, 1.807) is 7.11 Å². The molecule has 2 rings (SSSR count). The van der Waals surface area contributed by atoms with Crippen LogP contribution in [-0.2, 0) is 32.0 Å². The molecule has 0 radical (unpaired) electrons. The summed E-state index contributed by atoms with van der Waals surface area (Å²) < 4.78 is 10.0. The van der Waals surface area contributed by atoms with E-state index in [-0.39, 0.29) is 12.5 Å². The molecule has 0 saturated heterocycles. The van der Waals surface area contributed by atoms with Crippen LogP contribution in [0.4, 0.5) is 0 Å². The van der Waals surface area contributed by atoms with Crippen LogP contribution in [0.5, 0.6) is 0 Å². The second-order valence-electron chi connectivity index (χ2n) is 4.89. The molecule has 1 atom stereocenters. The first kappa shape index (κ1) is 15.5. The number of hydrogen-bond acceptors (Lipinski definition) is 4. The van der Waals surface area contributed by atoms with Gasteiger partial charge in [-0.15, -0.1) is 0 Å². The zero-order chi connectivity index (χ0) is 15.2. The molecule has 0 fully saturated rings. The normalized spacial score (nSPS) is 17.4. The highest BCUT2D eigenvalue weighted by Gasteiger charge is 2.34. The molecule has 114 valence electrons. The Kier molecular flexibility index (Phi) is 5.30. The first-order valence-corrected chi connectivity index (χ1v) is 6.79. The molecule has 0 saturated carbocycles. The van der Waals surface area contributed by atoms with Crippen LogP contribution in [0.25, 0.3) is 0 Å². The molecule has 6 heteroatoms. The van der Waals surface area contributed by atoms with Crippen LogP contribution in [0.1, 0.15) is 11.1 Å². The van der Waals surface area contributed by atoms with E-state index in [1.165, 1.54) is 4.90 Å². The van der Waals surface area contributed by atoms with Crippen LogP contribution in [0.3, 0.4) is 0 Å². The van der Waals surface area contributed by atoms with Crippen molar-refractivity contribution in [2.45, 2.75) is 19.0 Å². The molecule has 6 nitrogen and oxygen atoms in total. The SMILES string of the molecule is COCCOCC(=O)N1Cc2ccccc2CC1C(=O)O. The Labute approximate surface area is 123 Å². The number of hydrogen-bond donors (Lipinski definition) is 1. The molecule has 1 aromatic carbocycles. The minimum atomic E-state index is -0.991. The predicted octanol–water partition coefficient (Wildman–Crippen LogP) is 0.687. The quantitative estimate of drug-likeness (QED) is 0.781. The summed E-state index contributed by atoms with van der Waals surface area (Å²) >= 11 is 0. The minimum Gasteiger partial charge on any atom is -0.480 e. The maximum absolute atomic E-state index is 12.2. The summed E-state index contributed by atoms with van der Waals surface area (Å²) in [4.78, 5) is 25.0. The maximum Gasteiger partial charge on any atom is 0.326 e. The van der Waals surface area contributed by atoms with Crippen molar-refractivity contribution in [2.75, 3.05) is 26.9 Å². The van der Waals surface area contributed by atoms with E-state index in [4.69, 9.17) is 9.47 Å². The molecule has 1 heterocycles. The van der Waals surface area contributed by atoms with Gasteiger partial charge in [0.2, 0.25) is 5.91 Å². The number of carbonyl (C=O) groups excluding carboxylic acids is 1. The van der Waals surface area contributed by atoms with E-state index in [9.17, 15) is 14.7 Å². The summed E-state index contributed by atoms with van der Waals surface area (Å²) in [5, 5.41) is 9.34. The monoisotopic (exact) mass is 293 g/mol. The summed E-state index contributed by atoms with van der Waals surface area (Å²) in [5.74, 6) is -1.30. The Hall–Kier alpha value is -1.92. The molecule has 1 unspecified atom stereocenters. The molecule has 0 aromatic heterocycles. The number of rotatable bonds is 6. The largest absolute Gasteiger partial charge is 0.480 e. The van der Waals surface area contributed by atoms with E-state index in [0.29, 0.717) is 26.2 Å². The predicted molar refractivity (Wildman–Crippen MR) is 74.8 cm³/mol. The summed E-state index contributed by atoms with van der Waals surface area (Å²) in [6.45, 7) is 0.887. The highest BCUT2D eigenvalue weighted by Crippen LogP contribution is 2.23. The van der Waals surface area contributed by atoms with Gasteiger partial charge in [0.1, 0.15) is 12.6 Å². The number of benzene rings is 1. The van der Waals surface area contributed by atoms with Crippen LogP contribution in [0.15, 0.2) is 24.3 Å². The number of carbonyl (C=O) groups is 2. The molecular weight excluding hydrogens is 274 g/mol. The Morgan fingerprint density at radius 2 is 2.00 bits per heavy atom. The number of carboxylic acids is 1. The molecule has 0 aliphatic carbocycles. The van der Waals surface area contributed by atoms with Crippen LogP contribution in [0.2, 0.25) is 0 Å². The Morgan fingerprint density at radius 1 is 1.29 bits per heavy atom. The Morgan fingerprint density at radius 3 is 2.67 bits per heavy atom. The Bertz CT molecular complexity index is 517. The van der Waals surface area contributed by atoms with Crippen LogP contribution >= 0.6 is 0 Å². The van der Waals surface area contributed by atoms with Gasteiger partial charge >= 0.3 is 5.97 Å². The van der Waals surface area contributed by atoms with Gasteiger partial charge in [-0.2, -0.15) is 0 Å². The highest BCUT2D eigenvalue weighted by atomic mass is 16.5. The number of amides is 1. The van der Waals surface area contributed by atoms with Gasteiger partial charge < -0.3 is 19.5 Å². The van der Waals surface area contributed by atoms with Gasteiger partial charge in [0.05, 0.1) is 13.2 Å². The summed E-state index contributed by atoms with van der Waals surface area (Å²) in [6.07, 6.45) is 0.329. The number of methoxy groups -OCH3 is 1. The van der Waals surface area contributed by atoms with Gasteiger partial charge in [0, 0.05) is 20.1 Å². The van der Waals surface area contributed by atoms with Crippen molar-refractivity contribution in [3.8, 4) is 0 Å². The lowest BCUT2D eigenvalue weighted by atomic mass is 9.94. The van der Waals surface area contributed by atoms with Crippen molar-refractivity contribution >= 4 is 11.9 Å². The van der Waals surface area contributed by atoms with Gasteiger partial charge in [0.25, 0.3) is 0 Å². The van der Waals surface area contributed by atoms with Gasteiger partial charge in [-0.1, -0.05) is 24.3 Å². The third-order valence-corrected chi connectivity index (χ3v) is 3.51. The maximum atomic E-state index is 12.2. The summed E-state index contributed by atoms with van der Waals surface area (Å²) in [7, 11) is 1.55. The van der Waals surface area contributed by atoms with Gasteiger partial charge in [-0.25, -0.2) is 4.79 Å². The standard InChI is InChI=1S/C15H19NO5/c1-20-6-7-21-10-14(17)16-9-12-5-3-2-4-11(12)8-13(16)15(18)19/h2-5,13H,6-10H2,1H3,(H,18,19). The second-order valence-corrected chi connectivity index (χ2v) is 4.89. The second kappa shape index (κ2) is 7.19. The van der Waals surface area contributed by atoms with Gasteiger partial charge in [-0.3, -0.25) is 4.79 Å². The Balaban J connectivity index is 2.06. The average Bonchev–Trinajstić information content (AvgIpc) is 2.50. The van der Waals surface area contributed by atoms with Crippen LogP contribution in [-0.4, -0.2) is 54.9 Å². The molecule has 21 heavy (non-hydrogen) atoms. The lowest BCUT2D eigenvalue weighted by Gasteiger charge is -2.34. The smallest absolute Gasteiger partial charge is 0.326 e. The zero-order valence-corrected chi connectivity index (χ0v) is 11.9. The first-order valence-electron chi connectivity index (χ1n) is 6.79. The molecule has 0 spiro atoms. The van der Waals surface area contributed by atoms with Crippen molar-refractivity contribution in [1.82, 2.24) is 4.90 Å². The van der Waals surface area contributed by atoms with E-state index in [0.717, 1.165) is 11.1 Å². The van der Waals surface area contributed by atoms with Crippen molar-refractivity contribution in [3.05, 3.63) is 35.4 Å². The van der Waals surface area contributed by atoms with Gasteiger partial charge in [-0.05, 0) is 11.1 Å². The number of nitrogens with zero attached hydrogens (tertiary/aromatic N) is 1. The van der Waals surface area contributed by atoms with E-state index >= 15 is 0 Å². The van der Waals surface area contributed by atoms with E-state index in [1.807, 2.05) is 24.3 Å². The number of carboxylic acid groups (broad SMARTS) is 1. The topological polar surface area (TPSA) is 76.1 Å². The van der Waals surface area contributed by atoms with Crippen molar-refractivity contribution in [2.24, 2.45) is 0 Å². The minimum absolute atomic E-state index is 0.130. The summed E-state index contributed by atoms with van der Waals surface area (Å²) in [5.41, 5.74) is 1.97. The summed E-state index contributed by atoms with van der Waals surface area (Å²) in [6, 6.07) is 6.75. The molecule has 1 aliphatic heterocycles. The van der Waals surface area contributed by atoms with Crippen molar-refractivity contribution in [3.63, 3.8) is 0 Å². The number of ether oxygens (including phenoxy) is 2. The number of fused-ring (bicyclic) bond motifs is 1. The fourth-order valence-electron chi connectivity index (χ4n) is 2.39. The zero-order valence-electron chi connectivity index (χ0n) is 11.9. The van der Waals surface area contributed by atoms with Crippen LogP contribution < -0.4 is 0 Å². The molecule has 1 N–H and O–H groups in total. The van der Waals surface area contributed by atoms with Crippen molar-refractivity contribution < 1.29 is 24.2 Å². The lowest BCUT2D eigenvalue weighted by Crippen LogP contribution is -2.49. The third-order valence-electron chi connectivity index (χ3n) is 3.51. The van der Waals surface area contributed by atoms with E-state index in [2.05, 4.69) is 0 Å². The van der Waals surface area contributed by atoms with Crippen LogP contribution in [0, 0.1) is 0 Å². The van der Waals surface area contributed by atoms with E-state index < -0.39 is 12.0 Å². The molecule has 1 aromatic rings. The number of aliphatic carboxylic acids is 1. The molecular formula is C15H19NO5. The molecule has 1 amide bonds. The fourth-order valence-corrected chi connectivity index (χ4v) is 2.39. The average molecular weight is 293 g/mol. The first-order chi connectivity index (χ1) is 10.1. The highest BCUT2D eigenvalue weighted by molar-refractivity contribution is 5.85. The lowest BCUT2D eigenvalue weighted by molar-refractivity contribution is -0.153. The fraction of sp³-hybridized carbons (Fsp3) is 0.467. The molecule has 1 aliphatic rings. The van der Waals surface area contributed by atoms with Gasteiger partial charge in [0.15, 0.2) is 0 Å². The molecule has 0 bridgehead atoms.